The number of carbonyl (C=O) groups excluding carboxylic acids is 1. The number of hydrogen-bond donors (Lipinski definition) is 2. The van der Waals surface area contributed by atoms with E-state index in [2.05, 4.69) is 15.5 Å². The molecule has 7 nitrogen and oxygen atoms in total. The second kappa shape index (κ2) is 8.99. The molecule has 0 spiro atoms. The number of piperidine rings is 1. The fraction of sp³-hybridized carbons (Fsp3) is 0.273. The summed E-state index contributed by atoms with van der Waals surface area (Å²) >= 11 is 0. The Labute approximate surface area is 180 Å². The third kappa shape index (κ3) is 4.83. The van der Waals surface area contributed by atoms with Gasteiger partial charge in [0.05, 0.1) is 10.6 Å². The third-order valence-corrected chi connectivity index (χ3v) is 7.42. The van der Waals surface area contributed by atoms with Crippen LogP contribution in [0.4, 0.5) is 4.39 Å². The number of amides is 1. The average molecular weight is 443 g/mol. The zero-order valence-electron chi connectivity index (χ0n) is 16.8. The zero-order valence-corrected chi connectivity index (χ0v) is 17.6. The first-order valence-electron chi connectivity index (χ1n) is 10.1. The number of sulfonamides is 1. The van der Waals surface area contributed by atoms with Gasteiger partial charge >= 0.3 is 0 Å². The van der Waals surface area contributed by atoms with Gasteiger partial charge in [0.1, 0.15) is 5.82 Å². The molecule has 1 saturated heterocycles. The van der Waals surface area contributed by atoms with Crippen molar-refractivity contribution in [3.8, 4) is 11.3 Å². The molecule has 2 aromatic carbocycles. The summed E-state index contributed by atoms with van der Waals surface area (Å²) < 4.78 is 39.8. The monoisotopic (exact) mass is 442 g/mol. The molecule has 0 bridgehead atoms. The number of benzene rings is 2. The summed E-state index contributed by atoms with van der Waals surface area (Å²) in [5.41, 5.74) is 2.92. The standard InChI is InChI=1S/C22H23FN4O3S/c23-19-5-7-20(8-6-19)31(29,30)27-13-10-18(11-14-27)22(28)24-15-16-1-3-17(4-2-16)21-9-12-25-26-21/h1-9,12,18H,10-11,13-15H2,(H,24,28)(H,25,26). The Bertz CT molecular complexity index is 1120. The summed E-state index contributed by atoms with van der Waals surface area (Å²) in [6, 6.07) is 14.5. The van der Waals surface area contributed by atoms with Crippen molar-refractivity contribution >= 4 is 15.9 Å². The normalized spacial score (nSPS) is 15.6. The largest absolute Gasteiger partial charge is 0.352 e. The van der Waals surface area contributed by atoms with Crippen molar-refractivity contribution in [3.05, 3.63) is 72.2 Å². The number of nitrogens with one attached hydrogen (secondary N) is 2. The Morgan fingerprint density at radius 2 is 1.74 bits per heavy atom. The van der Waals surface area contributed by atoms with Crippen LogP contribution in [0.2, 0.25) is 0 Å². The highest BCUT2D eigenvalue weighted by molar-refractivity contribution is 7.89. The van der Waals surface area contributed by atoms with Crippen LogP contribution in [0.1, 0.15) is 18.4 Å². The molecule has 0 aliphatic carbocycles. The van der Waals surface area contributed by atoms with E-state index in [4.69, 9.17) is 0 Å². The molecule has 0 unspecified atom stereocenters. The lowest BCUT2D eigenvalue weighted by Crippen LogP contribution is -2.42. The summed E-state index contributed by atoms with van der Waals surface area (Å²) in [5.74, 6) is -0.786. The molecule has 3 aromatic rings. The Balaban J connectivity index is 1.29. The summed E-state index contributed by atoms with van der Waals surface area (Å²) in [6.07, 6.45) is 2.59. The number of aromatic amines is 1. The van der Waals surface area contributed by atoms with Crippen LogP contribution in [0, 0.1) is 11.7 Å². The molecule has 9 heteroatoms. The molecule has 0 radical (unpaired) electrons. The predicted molar refractivity (Wildman–Crippen MR) is 114 cm³/mol. The Morgan fingerprint density at radius 1 is 1.06 bits per heavy atom. The van der Waals surface area contributed by atoms with E-state index in [-0.39, 0.29) is 29.8 Å². The average Bonchev–Trinajstić information content (AvgIpc) is 3.33. The van der Waals surface area contributed by atoms with Crippen LogP contribution < -0.4 is 5.32 Å². The number of aromatic nitrogens is 2. The van der Waals surface area contributed by atoms with Gasteiger partial charge in [0.15, 0.2) is 0 Å². The topological polar surface area (TPSA) is 95.2 Å². The van der Waals surface area contributed by atoms with Crippen molar-refractivity contribution in [1.82, 2.24) is 19.8 Å². The van der Waals surface area contributed by atoms with E-state index in [0.717, 1.165) is 29.0 Å². The molecule has 0 atom stereocenters. The smallest absolute Gasteiger partial charge is 0.243 e. The van der Waals surface area contributed by atoms with E-state index >= 15 is 0 Å². The number of hydrogen-bond acceptors (Lipinski definition) is 4. The van der Waals surface area contributed by atoms with E-state index in [1.165, 1.54) is 16.4 Å². The Morgan fingerprint density at radius 3 is 2.35 bits per heavy atom. The van der Waals surface area contributed by atoms with Gasteiger partial charge in [-0.25, -0.2) is 12.8 Å². The Kier molecular flexibility index (Phi) is 6.15. The fourth-order valence-electron chi connectivity index (χ4n) is 3.67. The molecule has 31 heavy (non-hydrogen) atoms. The molecule has 1 fully saturated rings. The van der Waals surface area contributed by atoms with E-state index in [0.29, 0.717) is 19.4 Å². The van der Waals surface area contributed by atoms with Crippen LogP contribution >= 0.6 is 0 Å². The number of H-pyrrole nitrogens is 1. The van der Waals surface area contributed by atoms with Crippen molar-refractivity contribution in [2.24, 2.45) is 5.92 Å². The zero-order chi connectivity index (χ0) is 21.8. The number of halogens is 1. The lowest BCUT2D eigenvalue weighted by molar-refractivity contribution is -0.126. The highest BCUT2D eigenvalue weighted by Gasteiger charge is 2.32. The molecule has 1 aromatic heterocycles. The molecule has 162 valence electrons. The molecular formula is C22H23FN4O3S. The SMILES string of the molecule is O=C(NCc1ccc(-c2ccn[nH]2)cc1)C1CCN(S(=O)(=O)c2ccc(F)cc2)CC1. The van der Waals surface area contributed by atoms with Crippen LogP contribution in [0.25, 0.3) is 11.3 Å². The minimum atomic E-state index is -3.68. The lowest BCUT2D eigenvalue weighted by Gasteiger charge is -2.30. The van der Waals surface area contributed by atoms with E-state index in [1.807, 2.05) is 30.3 Å². The molecule has 0 saturated carbocycles. The van der Waals surface area contributed by atoms with Gasteiger partial charge in [0.25, 0.3) is 0 Å². The molecule has 1 amide bonds. The third-order valence-electron chi connectivity index (χ3n) is 5.51. The van der Waals surface area contributed by atoms with Crippen LogP contribution in [-0.2, 0) is 21.4 Å². The highest BCUT2D eigenvalue weighted by atomic mass is 32.2. The number of nitrogens with zero attached hydrogens (tertiary/aromatic N) is 2. The van der Waals surface area contributed by atoms with Crippen LogP contribution in [-0.4, -0.2) is 41.9 Å². The lowest BCUT2D eigenvalue weighted by atomic mass is 9.97. The quantitative estimate of drug-likeness (QED) is 0.614. The Hall–Kier alpha value is -3.04. The summed E-state index contributed by atoms with van der Waals surface area (Å²) in [7, 11) is -3.68. The number of carbonyl (C=O) groups is 1. The van der Waals surface area contributed by atoms with Gasteiger partial charge in [-0.3, -0.25) is 9.89 Å². The van der Waals surface area contributed by atoms with Gasteiger partial charge in [0, 0.05) is 31.7 Å². The van der Waals surface area contributed by atoms with Crippen molar-refractivity contribution in [1.29, 1.82) is 0 Å². The van der Waals surface area contributed by atoms with Crippen molar-refractivity contribution in [2.45, 2.75) is 24.3 Å². The minimum absolute atomic E-state index is 0.0652. The first-order valence-corrected chi connectivity index (χ1v) is 11.5. The van der Waals surface area contributed by atoms with Gasteiger partial charge in [-0.15, -0.1) is 0 Å². The molecular weight excluding hydrogens is 419 g/mol. The molecule has 1 aliphatic heterocycles. The summed E-state index contributed by atoms with van der Waals surface area (Å²) in [5, 5.41) is 9.79. The number of rotatable bonds is 6. The maximum atomic E-state index is 13.1. The van der Waals surface area contributed by atoms with Crippen LogP contribution in [0.3, 0.4) is 0 Å². The molecule has 1 aliphatic rings. The highest BCUT2D eigenvalue weighted by Crippen LogP contribution is 2.24. The van der Waals surface area contributed by atoms with Gasteiger partial charge in [-0.2, -0.15) is 9.40 Å². The summed E-state index contributed by atoms with van der Waals surface area (Å²) in [6.45, 7) is 0.934. The van der Waals surface area contributed by atoms with Gasteiger partial charge in [0.2, 0.25) is 15.9 Å². The minimum Gasteiger partial charge on any atom is -0.352 e. The molecule has 2 N–H and O–H groups in total. The van der Waals surface area contributed by atoms with E-state index in [9.17, 15) is 17.6 Å². The first-order chi connectivity index (χ1) is 14.9. The van der Waals surface area contributed by atoms with Gasteiger partial charge < -0.3 is 5.32 Å². The predicted octanol–water partition coefficient (Wildman–Crippen LogP) is 2.93. The first kappa shape index (κ1) is 21.2. The van der Waals surface area contributed by atoms with E-state index < -0.39 is 15.8 Å². The summed E-state index contributed by atoms with van der Waals surface area (Å²) in [4.78, 5) is 12.6. The molecule has 4 rings (SSSR count). The second-order valence-corrected chi connectivity index (χ2v) is 9.46. The van der Waals surface area contributed by atoms with Gasteiger partial charge in [-0.1, -0.05) is 24.3 Å². The maximum Gasteiger partial charge on any atom is 0.243 e. The van der Waals surface area contributed by atoms with Crippen molar-refractivity contribution in [3.63, 3.8) is 0 Å². The maximum absolute atomic E-state index is 13.1. The van der Waals surface area contributed by atoms with Gasteiger partial charge in [-0.05, 0) is 54.3 Å². The van der Waals surface area contributed by atoms with E-state index in [1.54, 1.807) is 6.20 Å². The molecule has 2 heterocycles. The fourth-order valence-corrected chi connectivity index (χ4v) is 5.14. The van der Waals surface area contributed by atoms with Crippen molar-refractivity contribution in [2.75, 3.05) is 13.1 Å². The van der Waals surface area contributed by atoms with Crippen LogP contribution in [0.15, 0.2) is 65.7 Å². The van der Waals surface area contributed by atoms with Crippen molar-refractivity contribution < 1.29 is 17.6 Å². The van der Waals surface area contributed by atoms with Crippen LogP contribution in [0.5, 0.6) is 0 Å². The second-order valence-electron chi connectivity index (χ2n) is 7.52.